The molecule has 0 bridgehead atoms. The highest BCUT2D eigenvalue weighted by molar-refractivity contribution is 5.90. The first-order valence-electron chi connectivity index (χ1n) is 6.43. The van der Waals surface area contributed by atoms with E-state index in [0.29, 0.717) is 26.2 Å². The quantitative estimate of drug-likeness (QED) is 0.693. The minimum absolute atomic E-state index is 0.0290. The molecule has 0 aromatic heterocycles. The van der Waals surface area contributed by atoms with E-state index < -0.39 is 0 Å². The van der Waals surface area contributed by atoms with E-state index in [9.17, 15) is 4.79 Å². The topological polar surface area (TPSA) is 64.3 Å². The van der Waals surface area contributed by atoms with Crippen LogP contribution in [-0.2, 0) is 16.0 Å². The van der Waals surface area contributed by atoms with Crippen LogP contribution in [0.1, 0.15) is 25.3 Å². The van der Waals surface area contributed by atoms with Crippen LogP contribution in [0.25, 0.3) is 0 Å². The van der Waals surface area contributed by atoms with Crippen LogP contribution in [-0.4, -0.2) is 25.7 Å². The van der Waals surface area contributed by atoms with Crippen LogP contribution in [0.2, 0.25) is 0 Å². The molecular formula is C14H22N2O2. The SMILES string of the molecule is CCOCCCC(=O)Nc1ccc(CCN)cc1. The van der Waals surface area contributed by atoms with E-state index in [1.54, 1.807) is 0 Å². The van der Waals surface area contributed by atoms with Gasteiger partial charge in [0.2, 0.25) is 5.91 Å². The number of hydrogen-bond acceptors (Lipinski definition) is 3. The molecule has 3 N–H and O–H groups in total. The van der Waals surface area contributed by atoms with E-state index in [-0.39, 0.29) is 5.91 Å². The Kier molecular flexibility index (Phi) is 7.06. The molecule has 0 saturated heterocycles. The van der Waals surface area contributed by atoms with Gasteiger partial charge in [0.05, 0.1) is 0 Å². The van der Waals surface area contributed by atoms with E-state index in [1.165, 1.54) is 5.56 Å². The Bertz CT molecular complexity index is 349. The van der Waals surface area contributed by atoms with Crippen molar-refractivity contribution in [2.24, 2.45) is 5.73 Å². The van der Waals surface area contributed by atoms with Crippen LogP contribution in [0.15, 0.2) is 24.3 Å². The molecule has 0 aliphatic heterocycles. The number of nitrogens with two attached hydrogens (primary N) is 1. The summed E-state index contributed by atoms with van der Waals surface area (Å²) in [6, 6.07) is 7.79. The fraction of sp³-hybridized carbons (Fsp3) is 0.500. The Morgan fingerprint density at radius 1 is 1.33 bits per heavy atom. The molecule has 100 valence electrons. The normalized spacial score (nSPS) is 10.3. The molecule has 0 heterocycles. The molecule has 1 rings (SSSR count). The molecule has 0 aliphatic rings. The fourth-order valence-corrected chi connectivity index (χ4v) is 1.62. The lowest BCUT2D eigenvalue weighted by atomic mass is 10.1. The third-order valence-corrected chi connectivity index (χ3v) is 2.57. The summed E-state index contributed by atoms with van der Waals surface area (Å²) in [7, 11) is 0. The van der Waals surface area contributed by atoms with Crippen LogP contribution in [0.5, 0.6) is 0 Å². The maximum atomic E-state index is 11.6. The average Bonchev–Trinajstić information content (AvgIpc) is 2.37. The number of anilines is 1. The van der Waals surface area contributed by atoms with Crippen LogP contribution in [0, 0.1) is 0 Å². The fourth-order valence-electron chi connectivity index (χ4n) is 1.62. The van der Waals surface area contributed by atoms with Crippen LogP contribution < -0.4 is 11.1 Å². The summed E-state index contributed by atoms with van der Waals surface area (Å²) < 4.78 is 5.18. The number of rotatable bonds is 8. The lowest BCUT2D eigenvalue weighted by Crippen LogP contribution is -2.12. The second kappa shape index (κ2) is 8.66. The van der Waals surface area contributed by atoms with Gasteiger partial charge in [0, 0.05) is 25.3 Å². The summed E-state index contributed by atoms with van der Waals surface area (Å²) in [6.07, 6.45) is 2.11. The zero-order valence-corrected chi connectivity index (χ0v) is 10.9. The van der Waals surface area contributed by atoms with Crippen LogP contribution in [0.3, 0.4) is 0 Å². The third kappa shape index (κ3) is 5.80. The second-order valence-electron chi connectivity index (χ2n) is 4.08. The summed E-state index contributed by atoms with van der Waals surface area (Å²) in [5.74, 6) is 0.0290. The average molecular weight is 250 g/mol. The molecule has 0 aliphatic carbocycles. The lowest BCUT2D eigenvalue weighted by molar-refractivity contribution is -0.116. The standard InChI is InChI=1S/C14H22N2O2/c1-2-18-11-3-4-14(17)16-13-7-5-12(6-8-13)9-10-15/h5-8H,2-4,9-11,15H2,1H3,(H,16,17). The van der Waals surface area contributed by atoms with Gasteiger partial charge in [0.15, 0.2) is 0 Å². The van der Waals surface area contributed by atoms with Crippen molar-refractivity contribution in [3.05, 3.63) is 29.8 Å². The molecule has 0 fully saturated rings. The van der Waals surface area contributed by atoms with Crippen molar-refractivity contribution < 1.29 is 9.53 Å². The first-order chi connectivity index (χ1) is 8.76. The molecule has 0 spiro atoms. The first kappa shape index (κ1) is 14.7. The number of nitrogens with one attached hydrogen (secondary N) is 1. The number of ether oxygens (including phenoxy) is 1. The minimum atomic E-state index is 0.0290. The van der Waals surface area contributed by atoms with Crippen molar-refractivity contribution in [3.8, 4) is 0 Å². The number of carbonyl (C=O) groups excluding carboxylic acids is 1. The van der Waals surface area contributed by atoms with Crippen molar-refractivity contribution in [1.29, 1.82) is 0 Å². The van der Waals surface area contributed by atoms with Crippen molar-refractivity contribution in [2.45, 2.75) is 26.2 Å². The Hall–Kier alpha value is -1.39. The zero-order chi connectivity index (χ0) is 13.2. The van der Waals surface area contributed by atoms with E-state index in [1.807, 2.05) is 31.2 Å². The molecule has 1 aromatic carbocycles. The first-order valence-corrected chi connectivity index (χ1v) is 6.43. The minimum Gasteiger partial charge on any atom is -0.382 e. The Morgan fingerprint density at radius 2 is 2.06 bits per heavy atom. The van der Waals surface area contributed by atoms with Gasteiger partial charge in [-0.25, -0.2) is 0 Å². The number of amides is 1. The van der Waals surface area contributed by atoms with Crippen molar-refractivity contribution in [1.82, 2.24) is 0 Å². The zero-order valence-electron chi connectivity index (χ0n) is 10.9. The van der Waals surface area contributed by atoms with E-state index >= 15 is 0 Å². The summed E-state index contributed by atoms with van der Waals surface area (Å²) in [6.45, 7) is 3.93. The van der Waals surface area contributed by atoms with Crippen molar-refractivity contribution in [3.63, 3.8) is 0 Å². The Labute approximate surface area is 109 Å². The van der Waals surface area contributed by atoms with Gasteiger partial charge in [-0.2, -0.15) is 0 Å². The predicted octanol–water partition coefficient (Wildman–Crippen LogP) is 1.94. The van der Waals surface area contributed by atoms with E-state index in [2.05, 4.69) is 5.32 Å². The number of carbonyl (C=O) groups is 1. The summed E-state index contributed by atoms with van der Waals surface area (Å²) in [5, 5.41) is 2.86. The monoisotopic (exact) mass is 250 g/mol. The molecule has 4 nitrogen and oxygen atoms in total. The Morgan fingerprint density at radius 3 is 2.67 bits per heavy atom. The molecule has 0 atom stereocenters. The van der Waals surface area contributed by atoms with Gasteiger partial charge in [-0.05, 0) is 44.0 Å². The lowest BCUT2D eigenvalue weighted by Gasteiger charge is -2.06. The molecule has 0 unspecified atom stereocenters. The van der Waals surface area contributed by atoms with E-state index in [4.69, 9.17) is 10.5 Å². The summed E-state index contributed by atoms with van der Waals surface area (Å²) >= 11 is 0. The molecule has 1 aromatic rings. The molecule has 18 heavy (non-hydrogen) atoms. The van der Waals surface area contributed by atoms with Gasteiger partial charge in [-0.15, -0.1) is 0 Å². The number of benzene rings is 1. The van der Waals surface area contributed by atoms with Gasteiger partial charge < -0.3 is 15.8 Å². The highest BCUT2D eigenvalue weighted by Crippen LogP contribution is 2.10. The summed E-state index contributed by atoms with van der Waals surface area (Å²) in [5.41, 5.74) is 7.49. The summed E-state index contributed by atoms with van der Waals surface area (Å²) in [4.78, 5) is 11.6. The molecule has 0 saturated carbocycles. The second-order valence-corrected chi connectivity index (χ2v) is 4.08. The maximum absolute atomic E-state index is 11.6. The Balaban J connectivity index is 2.30. The molecule has 0 radical (unpaired) electrons. The van der Waals surface area contributed by atoms with Gasteiger partial charge in [0.1, 0.15) is 0 Å². The smallest absolute Gasteiger partial charge is 0.224 e. The van der Waals surface area contributed by atoms with Gasteiger partial charge >= 0.3 is 0 Å². The maximum Gasteiger partial charge on any atom is 0.224 e. The van der Waals surface area contributed by atoms with Gasteiger partial charge in [-0.1, -0.05) is 12.1 Å². The van der Waals surface area contributed by atoms with Crippen LogP contribution in [0.4, 0.5) is 5.69 Å². The third-order valence-electron chi connectivity index (χ3n) is 2.57. The molecule has 4 heteroatoms. The highest BCUT2D eigenvalue weighted by Gasteiger charge is 2.02. The van der Waals surface area contributed by atoms with Crippen LogP contribution >= 0.6 is 0 Å². The largest absolute Gasteiger partial charge is 0.382 e. The highest BCUT2D eigenvalue weighted by atomic mass is 16.5. The predicted molar refractivity (Wildman–Crippen MR) is 73.6 cm³/mol. The van der Waals surface area contributed by atoms with Crippen molar-refractivity contribution in [2.75, 3.05) is 25.1 Å². The van der Waals surface area contributed by atoms with E-state index in [0.717, 1.165) is 18.5 Å². The van der Waals surface area contributed by atoms with Gasteiger partial charge in [-0.3, -0.25) is 4.79 Å². The van der Waals surface area contributed by atoms with Crippen molar-refractivity contribution >= 4 is 11.6 Å². The molecular weight excluding hydrogens is 228 g/mol. The van der Waals surface area contributed by atoms with Gasteiger partial charge in [0.25, 0.3) is 0 Å². The molecule has 1 amide bonds. The number of hydrogen-bond donors (Lipinski definition) is 2.